The summed E-state index contributed by atoms with van der Waals surface area (Å²) in [7, 11) is 0. The molecular formula is C21H22ClF3N4O2. The summed E-state index contributed by atoms with van der Waals surface area (Å²) in [4.78, 5) is 14.9. The Morgan fingerprint density at radius 2 is 1.84 bits per heavy atom. The van der Waals surface area contributed by atoms with Gasteiger partial charge in [-0.3, -0.25) is 4.98 Å². The molecule has 1 aromatic heterocycles. The predicted molar refractivity (Wildman–Crippen MR) is 112 cm³/mol. The predicted octanol–water partition coefficient (Wildman–Crippen LogP) is 4.01. The molecule has 0 radical (unpaired) electrons. The van der Waals surface area contributed by atoms with Crippen LogP contribution in [0, 0.1) is 5.41 Å². The molecule has 2 aromatic carbocycles. The van der Waals surface area contributed by atoms with Gasteiger partial charge in [0.15, 0.2) is 5.82 Å². The minimum atomic E-state index is -4.46. The Kier molecular flexibility index (Phi) is 6.59. The van der Waals surface area contributed by atoms with Crippen LogP contribution in [0.25, 0.3) is 17.1 Å². The number of hydrogen-bond donors (Lipinski definition) is 3. The maximum absolute atomic E-state index is 12.8. The average Bonchev–Trinajstić information content (AvgIpc) is 3.10. The summed E-state index contributed by atoms with van der Waals surface area (Å²) in [5.41, 5.74) is -0.100. The number of nitrogens with zero attached hydrogens (tertiary/aromatic N) is 2. The van der Waals surface area contributed by atoms with E-state index in [1.54, 1.807) is 12.1 Å². The van der Waals surface area contributed by atoms with E-state index in [-0.39, 0.29) is 23.5 Å². The smallest absolute Gasteiger partial charge is 0.396 e. The molecule has 31 heavy (non-hydrogen) atoms. The number of nitrogens with one attached hydrogen (secondary N) is 2. The van der Waals surface area contributed by atoms with E-state index in [1.807, 2.05) is 19.9 Å². The number of aliphatic hydroxyl groups is 1. The van der Waals surface area contributed by atoms with Gasteiger partial charge in [-0.15, -0.1) is 5.10 Å². The van der Waals surface area contributed by atoms with Gasteiger partial charge in [-0.2, -0.15) is 17.9 Å². The Balaban J connectivity index is 1.85. The minimum absolute atomic E-state index is 0.0501. The molecule has 0 aliphatic heterocycles. The molecule has 0 saturated heterocycles. The van der Waals surface area contributed by atoms with Crippen molar-refractivity contribution < 1.29 is 18.3 Å². The van der Waals surface area contributed by atoms with E-state index < -0.39 is 17.4 Å². The summed E-state index contributed by atoms with van der Waals surface area (Å²) in [6, 6.07) is 9.43. The summed E-state index contributed by atoms with van der Waals surface area (Å²) >= 11 is 6.29. The maximum Gasteiger partial charge on any atom is 0.416 e. The molecule has 0 aliphatic rings. The lowest BCUT2D eigenvalue weighted by molar-refractivity contribution is -0.137. The van der Waals surface area contributed by atoms with Crippen molar-refractivity contribution in [3.63, 3.8) is 0 Å². The van der Waals surface area contributed by atoms with E-state index >= 15 is 0 Å². The molecule has 0 aliphatic carbocycles. The highest BCUT2D eigenvalue weighted by molar-refractivity contribution is 6.33. The van der Waals surface area contributed by atoms with Crippen molar-refractivity contribution in [2.45, 2.75) is 26.6 Å². The van der Waals surface area contributed by atoms with Crippen LogP contribution in [0.4, 0.5) is 13.2 Å². The first kappa shape index (κ1) is 23.1. The Morgan fingerprint density at radius 3 is 2.45 bits per heavy atom. The number of H-pyrrole nitrogens is 1. The molecular weight excluding hydrogens is 433 g/mol. The fraction of sp³-hybridized carbons (Fsp3) is 0.333. The van der Waals surface area contributed by atoms with Crippen molar-refractivity contribution in [1.29, 1.82) is 0 Å². The highest BCUT2D eigenvalue weighted by atomic mass is 35.5. The number of alkyl halides is 3. The summed E-state index contributed by atoms with van der Waals surface area (Å²) in [6.45, 7) is 5.03. The van der Waals surface area contributed by atoms with Gasteiger partial charge in [0.1, 0.15) is 0 Å². The van der Waals surface area contributed by atoms with E-state index in [9.17, 15) is 23.1 Å². The van der Waals surface area contributed by atoms with Gasteiger partial charge in [-0.05, 0) is 42.0 Å². The minimum Gasteiger partial charge on any atom is -0.396 e. The lowest BCUT2D eigenvalue weighted by atomic mass is 9.95. The number of benzene rings is 2. The molecule has 1 heterocycles. The van der Waals surface area contributed by atoms with Crippen LogP contribution in [0.2, 0.25) is 5.02 Å². The summed E-state index contributed by atoms with van der Waals surface area (Å²) in [6.07, 6.45) is -4.46. The van der Waals surface area contributed by atoms with Crippen LogP contribution in [-0.4, -0.2) is 33.0 Å². The van der Waals surface area contributed by atoms with E-state index in [2.05, 4.69) is 15.4 Å². The maximum atomic E-state index is 12.8. The van der Waals surface area contributed by atoms with E-state index in [0.717, 1.165) is 22.4 Å². The molecule has 3 aromatic rings. The fourth-order valence-electron chi connectivity index (χ4n) is 2.88. The van der Waals surface area contributed by atoms with Crippen LogP contribution in [0.3, 0.4) is 0 Å². The van der Waals surface area contributed by atoms with Gasteiger partial charge in [-0.25, -0.2) is 4.79 Å². The standard InChI is InChI=1S/C21H22ClF3N4O2/c1-20(2,12-30)11-26-10-13-3-8-17(22)16(9-13)18-27-19(31)29(28-18)15-6-4-14(5-7-15)21(23,24)25/h3-9,26,30H,10-12H2,1-2H3,(H,27,28,31). The van der Waals surface area contributed by atoms with Crippen molar-refractivity contribution in [3.8, 4) is 17.1 Å². The third-order valence-electron chi connectivity index (χ3n) is 4.70. The van der Waals surface area contributed by atoms with Crippen LogP contribution in [0.1, 0.15) is 25.0 Å². The largest absolute Gasteiger partial charge is 0.416 e. The lowest BCUT2D eigenvalue weighted by Crippen LogP contribution is -2.31. The van der Waals surface area contributed by atoms with E-state index in [4.69, 9.17) is 11.6 Å². The molecule has 3 rings (SSSR count). The zero-order valence-electron chi connectivity index (χ0n) is 16.9. The first-order chi connectivity index (χ1) is 14.5. The third-order valence-corrected chi connectivity index (χ3v) is 5.03. The number of rotatable bonds is 7. The van der Waals surface area contributed by atoms with E-state index in [1.165, 1.54) is 12.1 Å². The van der Waals surface area contributed by atoms with Gasteiger partial charge in [-0.1, -0.05) is 31.5 Å². The van der Waals surface area contributed by atoms with Gasteiger partial charge in [0, 0.05) is 30.7 Å². The molecule has 10 heteroatoms. The number of hydrogen-bond acceptors (Lipinski definition) is 4. The number of aromatic nitrogens is 3. The zero-order valence-corrected chi connectivity index (χ0v) is 17.7. The molecule has 0 amide bonds. The van der Waals surface area contributed by atoms with Crippen molar-refractivity contribution in [2.24, 2.45) is 5.41 Å². The normalized spacial score (nSPS) is 12.4. The molecule has 0 unspecified atom stereocenters. The van der Waals surface area contributed by atoms with E-state index in [0.29, 0.717) is 23.7 Å². The molecule has 166 valence electrons. The van der Waals surface area contributed by atoms with Gasteiger partial charge in [0.05, 0.1) is 16.3 Å². The van der Waals surface area contributed by atoms with Crippen molar-refractivity contribution >= 4 is 11.6 Å². The van der Waals surface area contributed by atoms with Crippen LogP contribution in [-0.2, 0) is 12.7 Å². The van der Waals surface area contributed by atoms with Gasteiger partial charge in [0.2, 0.25) is 0 Å². The fourth-order valence-corrected chi connectivity index (χ4v) is 3.08. The van der Waals surface area contributed by atoms with Gasteiger partial charge in [0.25, 0.3) is 0 Å². The molecule has 6 nitrogen and oxygen atoms in total. The second-order valence-electron chi connectivity index (χ2n) is 7.98. The molecule has 0 saturated carbocycles. The Labute approximate surface area is 181 Å². The summed E-state index contributed by atoms with van der Waals surface area (Å²) in [5.74, 6) is 0.201. The van der Waals surface area contributed by atoms with Crippen molar-refractivity contribution in [1.82, 2.24) is 20.1 Å². The van der Waals surface area contributed by atoms with Crippen LogP contribution < -0.4 is 11.0 Å². The molecule has 0 spiro atoms. The Bertz CT molecular complexity index is 1110. The van der Waals surface area contributed by atoms with Crippen LogP contribution in [0.5, 0.6) is 0 Å². The number of aromatic amines is 1. The number of halogens is 4. The molecule has 0 atom stereocenters. The molecule has 0 bridgehead atoms. The van der Waals surface area contributed by atoms with Crippen LogP contribution >= 0.6 is 11.6 Å². The highest BCUT2D eigenvalue weighted by Gasteiger charge is 2.30. The third kappa shape index (κ3) is 5.55. The SMILES string of the molecule is CC(C)(CO)CNCc1ccc(Cl)c(-c2nn(-c3ccc(C(F)(F)F)cc3)c(=O)[nH]2)c1. The first-order valence-electron chi connectivity index (χ1n) is 9.47. The van der Waals surface area contributed by atoms with Crippen LogP contribution in [0.15, 0.2) is 47.3 Å². The molecule has 0 fully saturated rings. The first-order valence-corrected chi connectivity index (χ1v) is 9.85. The Morgan fingerprint density at radius 1 is 1.16 bits per heavy atom. The van der Waals surface area contributed by atoms with Crippen molar-refractivity contribution in [3.05, 3.63) is 69.1 Å². The average molecular weight is 455 g/mol. The monoisotopic (exact) mass is 454 g/mol. The summed E-state index contributed by atoms with van der Waals surface area (Å²) in [5, 5.41) is 17.2. The second kappa shape index (κ2) is 8.86. The van der Waals surface area contributed by atoms with Gasteiger partial charge < -0.3 is 10.4 Å². The zero-order chi connectivity index (χ0) is 22.8. The quantitative estimate of drug-likeness (QED) is 0.504. The lowest BCUT2D eigenvalue weighted by Gasteiger charge is -2.22. The number of aliphatic hydroxyl groups excluding tert-OH is 1. The van der Waals surface area contributed by atoms with Gasteiger partial charge >= 0.3 is 11.9 Å². The molecule has 3 N–H and O–H groups in total. The van der Waals surface area contributed by atoms with Crippen molar-refractivity contribution in [2.75, 3.05) is 13.2 Å². The summed E-state index contributed by atoms with van der Waals surface area (Å²) < 4.78 is 39.3. The Hall–Kier alpha value is -2.62. The topological polar surface area (TPSA) is 82.9 Å². The highest BCUT2D eigenvalue weighted by Crippen LogP contribution is 2.30. The second-order valence-corrected chi connectivity index (χ2v) is 8.38.